The van der Waals surface area contributed by atoms with Gasteiger partial charge >= 0.3 is 6.18 Å². The van der Waals surface area contributed by atoms with E-state index in [1.807, 2.05) is 0 Å². The van der Waals surface area contributed by atoms with Crippen molar-refractivity contribution in [2.75, 3.05) is 24.7 Å². The summed E-state index contributed by atoms with van der Waals surface area (Å²) >= 11 is 6.38. The standard InChI is InChI=1S/C6H11ClN2O2S.C2HF3O2/c7-3-6(11)12-2-1-9-5(10)4-8;3-2(4,5)1(6)7/h1-4,8H2,(H,9,10);(H,6,7). The first-order valence-corrected chi connectivity index (χ1v) is 6.22. The van der Waals surface area contributed by atoms with Crippen LogP contribution in [0.4, 0.5) is 13.2 Å². The molecule has 19 heavy (non-hydrogen) atoms. The summed E-state index contributed by atoms with van der Waals surface area (Å²) in [6, 6.07) is 0. The molecule has 0 heterocycles. The molecule has 0 fully saturated rings. The van der Waals surface area contributed by atoms with Gasteiger partial charge in [0.15, 0.2) is 6.54 Å². The summed E-state index contributed by atoms with van der Waals surface area (Å²) in [5.41, 5.74) is 3.41. The Hall–Kier alpha value is -1.00. The van der Waals surface area contributed by atoms with Gasteiger partial charge in [0.25, 0.3) is 5.91 Å². The monoisotopic (exact) mass is 324 g/mol. The molecule has 0 radical (unpaired) electrons. The Morgan fingerprint density at radius 1 is 1.32 bits per heavy atom. The van der Waals surface area contributed by atoms with E-state index in [0.29, 0.717) is 12.3 Å². The van der Waals surface area contributed by atoms with Gasteiger partial charge in [-0.1, -0.05) is 11.8 Å². The topological polar surface area (TPSA) is 114 Å². The number of rotatable bonds is 5. The lowest BCUT2D eigenvalue weighted by molar-refractivity contribution is -0.355. The SMILES string of the molecule is O=C([O-])C(F)(F)F.[NH3+]CC(=O)NCCSC(=O)CCl. The first kappa shape index (κ1) is 20.3. The van der Waals surface area contributed by atoms with Gasteiger partial charge in [-0.3, -0.25) is 9.59 Å². The van der Waals surface area contributed by atoms with Crippen molar-refractivity contribution in [2.45, 2.75) is 6.18 Å². The number of carbonyl (C=O) groups excluding carboxylic acids is 3. The molecular formula is C8H12ClF3N2O4S. The van der Waals surface area contributed by atoms with Crippen molar-refractivity contribution in [3.8, 4) is 0 Å². The summed E-state index contributed by atoms with van der Waals surface area (Å²) < 4.78 is 31.5. The number of carbonyl (C=O) groups is 3. The fourth-order valence-electron chi connectivity index (χ4n) is 0.482. The van der Waals surface area contributed by atoms with Crippen molar-refractivity contribution in [1.29, 1.82) is 0 Å². The summed E-state index contributed by atoms with van der Waals surface area (Å²) in [6.45, 7) is 0.718. The largest absolute Gasteiger partial charge is 0.542 e. The van der Waals surface area contributed by atoms with E-state index >= 15 is 0 Å². The Morgan fingerprint density at radius 3 is 2.11 bits per heavy atom. The van der Waals surface area contributed by atoms with Gasteiger partial charge < -0.3 is 21.0 Å². The first-order valence-electron chi connectivity index (χ1n) is 4.70. The highest BCUT2D eigenvalue weighted by Gasteiger charge is 2.28. The van der Waals surface area contributed by atoms with Gasteiger partial charge in [-0.2, -0.15) is 13.2 Å². The molecule has 0 aliphatic heterocycles. The number of hydrogen-bond acceptors (Lipinski definition) is 5. The van der Waals surface area contributed by atoms with Crippen LogP contribution in [-0.2, 0) is 14.4 Å². The fourth-order valence-corrected chi connectivity index (χ4v) is 1.22. The lowest BCUT2D eigenvalue weighted by atomic mass is 10.6. The Balaban J connectivity index is 0. The van der Waals surface area contributed by atoms with Gasteiger partial charge in [0.1, 0.15) is 5.97 Å². The molecule has 0 saturated carbocycles. The summed E-state index contributed by atoms with van der Waals surface area (Å²) in [7, 11) is 0. The lowest BCUT2D eigenvalue weighted by Gasteiger charge is -2.03. The first-order chi connectivity index (χ1) is 8.65. The smallest absolute Gasteiger partial charge is 0.430 e. The van der Waals surface area contributed by atoms with Crippen LogP contribution < -0.4 is 16.2 Å². The zero-order valence-corrected chi connectivity index (χ0v) is 11.2. The maximum Gasteiger partial charge on any atom is 0.430 e. The van der Waals surface area contributed by atoms with Gasteiger partial charge in [0.05, 0.1) is 5.88 Å². The van der Waals surface area contributed by atoms with E-state index in [0.717, 1.165) is 11.8 Å². The predicted molar refractivity (Wildman–Crippen MR) is 60.0 cm³/mol. The molecule has 0 aliphatic carbocycles. The number of carboxylic acids is 1. The van der Waals surface area contributed by atoms with Crippen LogP contribution >= 0.6 is 23.4 Å². The van der Waals surface area contributed by atoms with Crippen LogP contribution in [0.2, 0.25) is 0 Å². The third kappa shape index (κ3) is 14.9. The van der Waals surface area contributed by atoms with Crippen molar-refractivity contribution in [2.24, 2.45) is 0 Å². The Morgan fingerprint density at radius 2 is 1.79 bits per heavy atom. The minimum atomic E-state index is -5.19. The highest BCUT2D eigenvalue weighted by atomic mass is 35.5. The van der Waals surface area contributed by atoms with Gasteiger partial charge in [0.2, 0.25) is 5.12 Å². The molecule has 0 aliphatic rings. The van der Waals surface area contributed by atoms with E-state index in [-0.39, 0.29) is 23.4 Å². The number of amides is 1. The molecule has 0 unspecified atom stereocenters. The van der Waals surface area contributed by atoms with E-state index in [4.69, 9.17) is 21.5 Å². The predicted octanol–water partition coefficient (Wildman–Crippen LogP) is -1.86. The van der Waals surface area contributed by atoms with Crippen LogP contribution in [0.3, 0.4) is 0 Å². The lowest BCUT2D eigenvalue weighted by Crippen LogP contribution is -2.57. The molecular weight excluding hydrogens is 313 g/mol. The van der Waals surface area contributed by atoms with Gasteiger partial charge in [-0.05, 0) is 0 Å². The maximum absolute atomic E-state index is 10.6. The Bertz CT molecular complexity index is 297. The molecule has 0 aromatic rings. The minimum Gasteiger partial charge on any atom is -0.542 e. The van der Waals surface area contributed by atoms with Gasteiger partial charge in [-0.15, -0.1) is 11.6 Å². The molecule has 0 saturated heterocycles. The molecule has 0 spiro atoms. The third-order valence-corrected chi connectivity index (χ3v) is 2.53. The van der Waals surface area contributed by atoms with E-state index in [9.17, 15) is 22.8 Å². The van der Waals surface area contributed by atoms with E-state index in [2.05, 4.69) is 11.1 Å². The summed E-state index contributed by atoms with van der Waals surface area (Å²) in [5.74, 6) is -2.52. The quantitative estimate of drug-likeness (QED) is 0.455. The molecule has 0 aromatic carbocycles. The second kappa shape index (κ2) is 10.9. The zero-order chi connectivity index (χ0) is 15.5. The zero-order valence-electron chi connectivity index (χ0n) is 9.59. The van der Waals surface area contributed by atoms with E-state index < -0.39 is 12.1 Å². The molecule has 6 nitrogen and oxygen atoms in total. The second-order valence-electron chi connectivity index (χ2n) is 2.74. The van der Waals surface area contributed by atoms with Crippen LogP contribution in [-0.4, -0.2) is 47.9 Å². The highest BCUT2D eigenvalue weighted by Crippen LogP contribution is 2.11. The average molecular weight is 325 g/mol. The molecule has 112 valence electrons. The van der Waals surface area contributed by atoms with Crippen LogP contribution in [0.5, 0.6) is 0 Å². The summed E-state index contributed by atoms with van der Waals surface area (Å²) in [4.78, 5) is 30.0. The Labute approximate surface area is 115 Å². The number of carboxylic acid groups (broad SMARTS) is 1. The number of quaternary nitrogens is 1. The van der Waals surface area contributed by atoms with Crippen LogP contribution in [0.15, 0.2) is 0 Å². The van der Waals surface area contributed by atoms with Gasteiger partial charge in [0, 0.05) is 12.3 Å². The molecule has 0 bridgehead atoms. The molecule has 4 N–H and O–H groups in total. The second-order valence-corrected chi connectivity index (χ2v) is 4.16. The Kier molecular flexibility index (Phi) is 11.6. The van der Waals surface area contributed by atoms with Crippen molar-refractivity contribution in [3.63, 3.8) is 0 Å². The van der Waals surface area contributed by atoms with Crippen LogP contribution in [0.25, 0.3) is 0 Å². The van der Waals surface area contributed by atoms with Crippen molar-refractivity contribution in [1.82, 2.24) is 5.32 Å². The minimum absolute atomic E-state index is 0.0218. The van der Waals surface area contributed by atoms with Crippen molar-refractivity contribution >= 4 is 40.4 Å². The van der Waals surface area contributed by atoms with E-state index in [1.54, 1.807) is 0 Å². The third-order valence-electron chi connectivity index (χ3n) is 1.25. The molecule has 0 rings (SSSR count). The molecule has 0 aromatic heterocycles. The maximum atomic E-state index is 10.6. The van der Waals surface area contributed by atoms with E-state index in [1.165, 1.54) is 0 Å². The summed E-state index contributed by atoms with van der Waals surface area (Å²) in [6.07, 6.45) is -5.19. The molecule has 11 heteroatoms. The van der Waals surface area contributed by atoms with Crippen LogP contribution in [0, 0.1) is 0 Å². The van der Waals surface area contributed by atoms with Crippen LogP contribution in [0.1, 0.15) is 0 Å². The number of hydrogen-bond donors (Lipinski definition) is 2. The van der Waals surface area contributed by atoms with Gasteiger partial charge in [-0.25, -0.2) is 0 Å². The number of halogens is 4. The number of thioether (sulfide) groups is 1. The number of nitrogens with one attached hydrogen (secondary N) is 1. The number of alkyl halides is 4. The van der Waals surface area contributed by atoms with Crippen molar-refractivity contribution in [3.05, 3.63) is 0 Å². The summed E-state index contributed by atoms with van der Waals surface area (Å²) in [5, 5.41) is 11.3. The normalized spacial score (nSPS) is 10.2. The number of aliphatic carboxylic acids is 1. The van der Waals surface area contributed by atoms with Crippen molar-refractivity contribution < 1.29 is 38.4 Å². The fraction of sp³-hybridized carbons (Fsp3) is 0.625. The highest BCUT2D eigenvalue weighted by molar-refractivity contribution is 8.13. The molecule has 1 amide bonds. The molecule has 0 atom stereocenters. The average Bonchev–Trinajstić information content (AvgIpc) is 2.33.